The van der Waals surface area contributed by atoms with Gasteiger partial charge in [-0.05, 0) is 60.9 Å². The summed E-state index contributed by atoms with van der Waals surface area (Å²) in [5.74, 6) is -0.833. The summed E-state index contributed by atoms with van der Waals surface area (Å²) in [7, 11) is -4.33. The van der Waals surface area contributed by atoms with E-state index in [1.54, 1.807) is 38.1 Å². The molecule has 14 nitrogen and oxygen atoms in total. The number of nitriles is 1. The molecule has 3 N–H and O–H groups in total. The van der Waals surface area contributed by atoms with E-state index in [1.165, 1.54) is 17.8 Å². The van der Waals surface area contributed by atoms with Crippen LogP contribution in [-0.2, 0) is 43.9 Å². The predicted molar refractivity (Wildman–Crippen MR) is 179 cm³/mol. The van der Waals surface area contributed by atoms with Crippen LogP contribution in [0.2, 0.25) is 0 Å². The minimum Gasteiger partial charge on any atom is -0.464 e. The quantitative estimate of drug-likeness (QED) is 0.175. The third kappa shape index (κ3) is 8.24. The van der Waals surface area contributed by atoms with Crippen LogP contribution in [0.15, 0.2) is 42.7 Å². The summed E-state index contributed by atoms with van der Waals surface area (Å²) < 4.78 is 45.4. The molecule has 2 fully saturated rings. The zero-order valence-electron chi connectivity index (χ0n) is 28.8. The van der Waals surface area contributed by atoms with Gasteiger partial charge in [0.1, 0.15) is 41.9 Å². The Kier molecular flexibility index (Phi) is 10.7. The fourth-order valence-corrected chi connectivity index (χ4v) is 7.09. The van der Waals surface area contributed by atoms with Gasteiger partial charge in [0, 0.05) is 6.42 Å². The van der Waals surface area contributed by atoms with Gasteiger partial charge in [-0.2, -0.15) is 15.4 Å². The van der Waals surface area contributed by atoms with E-state index >= 15 is 0 Å². The van der Waals surface area contributed by atoms with Gasteiger partial charge in [-0.15, -0.1) is 0 Å². The van der Waals surface area contributed by atoms with Crippen LogP contribution in [0.3, 0.4) is 0 Å². The molecule has 3 heterocycles. The Balaban J connectivity index is 1.41. The SMILES string of the molecule is CC(C)C(=O)O[C@H]1CC(C#N)(c2ccc3c(N)ncnn23)O[C@@H]1COP(=O)(N[C@@H](C)C(=O)OCC1CCC1)Oc1ccc(C(C)(C)C)cc1. The van der Waals surface area contributed by atoms with Gasteiger partial charge in [-0.3, -0.25) is 14.1 Å². The van der Waals surface area contributed by atoms with Gasteiger partial charge in [0.15, 0.2) is 5.82 Å². The van der Waals surface area contributed by atoms with E-state index in [0.29, 0.717) is 17.1 Å². The minimum absolute atomic E-state index is 0.0806. The normalized spacial score (nSPS) is 23.0. The van der Waals surface area contributed by atoms with Crippen LogP contribution in [0.5, 0.6) is 5.75 Å². The number of anilines is 1. The van der Waals surface area contributed by atoms with Gasteiger partial charge in [0.05, 0.1) is 24.8 Å². The standard InChI is InChI=1S/C34H45N6O8P/c1-21(2)31(41)46-27-16-34(19-35,29-15-14-26-30(36)37-20-38-40(26)29)47-28(27)18-45-49(43,39-22(3)32(42)44-17-23-8-7-9-23)48-25-12-10-24(11-13-25)33(4,5)6/h10-15,20-23,27-28H,7-9,16-18H2,1-6H3,(H,39,43)(H2,36,37,38)/t22-,27-,28+,34?,49?/m0/s1. The first-order chi connectivity index (χ1) is 23.1. The molecule has 1 aliphatic carbocycles. The second-order valence-corrected chi connectivity index (χ2v) is 15.7. The zero-order chi connectivity index (χ0) is 35.6. The molecule has 0 bridgehead atoms. The third-order valence-electron chi connectivity index (χ3n) is 8.82. The average molecular weight is 697 g/mol. The van der Waals surface area contributed by atoms with Crippen molar-refractivity contribution in [3.8, 4) is 11.8 Å². The lowest BCUT2D eigenvalue weighted by Gasteiger charge is -2.27. The molecule has 1 saturated carbocycles. The number of nitrogen functional groups attached to an aromatic ring is 1. The summed E-state index contributed by atoms with van der Waals surface area (Å²) in [5, 5.41) is 17.5. The van der Waals surface area contributed by atoms with Crippen molar-refractivity contribution in [3.63, 3.8) is 0 Å². The van der Waals surface area contributed by atoms with Crippen molar-refractivity contribution in [2.45, 2.75) is 96.5 Å². The molecule has 0 radical (unpaired) electrons. The number of nitrogens with zero attached hydrogens (tertiary/aromatic N) is 4. The maximum atomic E-state index is 14.4. The van der Waals surface area contributed by atoms with E-state index in [4.69, 9.17) is 29.0 Å². The Morgan fingerprint density at radius 2 is 1.86 bits per heavy atom. The number of carbonyl (C=O) groups is 2. The second kappa shape index (κ2) is 14.5. The molecule has 49 heavy (non-hydrogen) atoms. The number of fused-ring (bicyclic) bond motifs is 1. The number of hydrogen-bond donors (Lipinski definition) is 2. The average Bonchev–Trinajstić information content (AvgIpc) is 3.62. The Bertz CT molecular complexity index is 1750. The van der Waals surface area contributed by atoms with Gasteiger partial charge in [-0.1, -0.05) is 53.2 Å². The highest BCUT2D eigenvalue weighted by Crippen LogP contribution is 2.48. The molecule has 0 amide bonds. The maximum Gasteiger partial charge on any atom is 0.459 e. The smallest absolute Gasteiger partial charge is 0.459 e. The Morgan fingerprint density at radius 1 is 1.14 bits per heavy atom. The summed E-state index contributed by atoms with van der Waals surface area (Å²) in [6.45, 7) is 10.9. The molecule has 1 aliphatic heterocycles. The molecule has 1 saturated heterocycles. The van der Waals surface area contributed by atoms with Gasteiger partial charge in [0.2, 0.25) is 5.60 Å². The van der Waals surface area contributed by atoms with Crippen molar-refractivity contribution in [1.82, 2.24) is 19.7 Å². The van der Waals surface area contributed by atoms with E-state index in [2.05, 4.69) is 42.0 Å². The third-order valence-corrected chi connectivity index (χ3v) is 10.5. The maximum absolute atomic E-state index is 14.4. The van der Waals surface area contributed by atoms with Crippen molar-refractivity contribution in [3.05, 3.63) is 54.0 Å². The molecule has 15 heteroatoms. The number of nitrogens with two attached hydrogens (primary N) is 1. The largest absolute Gasteiger partial charge is 0.464 e. The molecule has 2 unspecified atom stereocenters. The van der Waals surface area contributed by atoms with Crippen LogP contribution in [0.25, 0.3) is 5.52 Å². The molecule has 5 atom stereocenters. The van der Waals surface area contributed by atoms with Crippen LogP contribution < -0.4 is 15.3 Å². The minimum atomic E-state index is -4.33. The van der Waals surface area contributed by atoms with Crippen LogP contribution in [0.1, 0.15) is 78.5 Å². The fraction of sp³-hybridized carbons (Fsp3) is 0.559. The summed E-state index contributed by atoms with van der Waals surface area (Å²) >= 11 is 0. The molecule has 264 valence electrons. The molecule has 0 spiro atoms. The highest BCUT2D eigenvalue weighted by molar-refractivity contribution is 7.52. The number of aromatic nitrogens is 3. The van der Waals surface area contributed by atoms with E-state index in [0.717, 1.165) is 24.8 Å². The van der Waals surface area contributed by atoms with Crippen molar-refractivity contribution < 1.29 is 37.4 Å². The van der Waals surface area contributed by atoms with E-state index < -0.39 is 56.1 Å². The fourth-order valence-electron chi connectivity index (χ4n) is 5.58. The van der Waals surface area contributed by atoms with Gasteiger partial charge in [-0.25, -0.2) is 14.1 Å². The van der Waals surface area contributed by atoms with Crippen molar-refractivity contribution in [2.24, 2.45) is 11.8 Å². The van der Waals surface area contributed by atoms with Crippen molar-refractivity contribution in [2.75, 3.05) is 18.9 Å². The Hall–Kier alpha value is -4.02. The van der Waals surface area contributed by atoms with Crippen LogP contribution in [0.4, 0.5) is 5.82 Å². The van der Waals surface area contributed by atoms with E-state index in [-0.39, 0.29) is 30.0 Å². The van der Waals surface area contributed by atoms with E-state index in [1.807, 2.05) is 12.1 Å². The lowest BCUT2D eigenvalue weighted by molar-refractivity contribution is -0.156. The van der Waals surface area contributed by atoms with Gasteiger partial charge >= 0.3 is 19.7 Å². The van der Waals surface area contributed by atoms with Crippen molar-refractivity contribution in [1.29, 1.82) is 5.26 Å². The first-order valence-electron chi connectivity index (χ1n) is 16.5. The zero-order valence-corrected chi connectivity index (χ0v) is 29.6. The molecule has 3 aromatic rings. The number of carbonyl (C=O) groups excluding carboxylic acids is 2. The number of nitrogens with one attached hydrogen (secondary N) is 1. The topological polar surface area (TPSA) is 189 Å². The Morgan fingerprint density at radius 3 is 2.47 bits per heavy atom. The Labute approximate surface area is 286 Å². The van der Waals surface area contributed by atoms with Crippen LogP contribution >= 0.6 is 7.75 Å². The van der Waals surface area contributed by atoms with Gasteiger partial charge < -0.3 is 24.5 Å². The predicted octanol–water partition coefficient (Wildman–Crippen LogP) is 5.21. The first-order valence-corrected chi connectivity index (χ1v) is 18.0. The first kappa shape index (κ1) is 36.3. The summed E-state index contributed by atoms with van der Waals surface area (Å²) in [5.41, 5.74) is 6.08. The highest BCUT2D eigenvalue weighted by atomic mass is 31.2. The summed E-state index contributed by atoms with van der Waals surface area (Å²) in [6, 6.07) is 11.5. The molecular formula is C34H45N6O8P. The summed E-state index contributed by atoms with van der Waals surface area (Å²) in [6.07, 6.45) is 2.22. The molecule has 5 rings (SSSR count). The number of ether oxygens (including phenoxy) is 3. The van der Waals surface area contributed by atoms with Crippen molar-refractivity contribution >= 4 is 31.0 Å². The second-order valence-electron chi connectivity index (χ2n) is 14.0. The highest BCUT2D eigenvalue weighted by Gasteiger charge is 2.53. The number of esters is 2. The van der Waals surface area contributed by atoms with E-state index in [9.17, 15) is 19.4 Å². The number of benzene rings is 1. The van der Waals surface area contributed by atoms with Crippen LogP contribution in [0, 0.1) is 23.2 Å². The number of rotatable bonds is 13. The molecule has 2 aromatic heterocycles. The van der Waals surface area contributed by atoms with Crippen LogP contribution in [-0.4, -0.2) is 58.0 Å². The number of hydrogen-bond acceptors (Lipinski definition) is 12. The molecular weight excluding hydrogens is 651 g/mol. The lowest BCUT2D eigenvalue weighted by atomic mass is 9.86. The molecule has 1 aromatic carbocycles. The molecule has 2 aliphatic rings. The monoisotopic (exact) mass is 696 g/mol. The summed E-state index contributed by atoms with van der Waals surface area (Å²) in [4.78, 5) is 29.7. The van der Waals surface area contributed by atoms with Gasteiger partial charge in [0.25, 0.3) is 0 Å². The lowest BCUT2D eigenvalue weighted by Crippen LogP contribution is -2.38.